The van der Waals surface area contributed by atoms with E-state index in [0.29, 0.717) is 11.8 Å². The van der Waals surface area contributed by atoms with E-state index in [1.807, 2.05) is 24.3 Å². The van der Waals surface area contributed by atoms with Crippen molar-refractivity contribution in [2.24, 2.45) is 11.8 Å². The lowest BCUT2D eigenvalue weighted by Crippen LogP contribution is -2.16. The Hall–Kier alpha value is -1.18. The first-order valence-corrected chi connectivity index (χ1v) is 5.19. The van der Waals surface area contributed by atoms with E-state index in [4.69, 9.17) is 5.73 Å². The fourth-order valence-corrected chi connectivity index (χ4v) is 1.16. The van der Waals surface area contributed by atoms with Crippen LogP contribution in [-0.4, -0.2) is 6.54 Å². The maximum absolute atomic E-state index is 5.82. The maximum Gasteiger partial charge on any atom is 0.0573 e. The standard InChI is InChI=1S/C12H20N2/c1-9(2)10(3)8-14-12-7-5-4-6-11(12)13/h4-7,9-10,14H,8,13H2,1-3H3. The zero-order valence-corrected chi connectivity index (χ0v) is 9.25. The van der Waals surface area contributed by atoms with Crippen molar-refractivity contribution in [3.8, 4) is 0 Å². The van der Waals surface area contributed by atoms with Crippen LogP contribution in [0.25, 0.3) is 0 Å². The van der Waals surface area contributed by atoms with Gasteiger partial charge in [-0.2, -0.15) is 0 Å². The summed E-state index contributed by atoms with van der Waals surface area (Å²) in [6.45, 7) is 7.70. The summed E-state index contributed by atoms with van der Waals surface area (Å²) in [6, 6.07) is 7.88. The van der Waals surface area contributed by atoms with Crippen molar-refractivity contribution in [1.82, 2.24) is 0 Å². The van der Waals surface area contributed by atoms with Crippen LogP contribution in [0.4, 0.5) is 11.4 Å². The quantitative estimate of drug-likeness (QED) is 0.720. The normalized spacial score (nSPS) is 12.9. The minimum absolute atomic E-state index is 0.662. The number of para-hydroxylation sites is 2. The minimum Gasteiger partial charge on any atom is -0.397 e. The third kappa shape index (κ3) is 2.95. The van der Waals surface area contributed by atoms with Gasteiger partial charge in [-0.15, -0.1) is 0 Å². The van der Waals surface area contributed by atoms with Crippen LogP contribution in [0.3, 0.4) is 0 Å². The van der Waals surface area contributed by atoms with Crippen LogP contribution < -0.4 is 11.1 Å². The first kappa shape index (κ1) is 10.9. The molecule has 1 aromatic rings. The molecule has 0 amide bonds. The molecule has 2 nitrogen and oxygen atoms in total. The Morgan fingerprint density at radius 2 is 1.86 bits per heavy atom. The van der Waals surface area contributed by atoms with Gasteiger partial charge in [-0.3, -0.25) is 0 Å². The summed E-state index contributed by atoms with van der Waals surface area (Å²) < 4.78 is 0. The fraction of sp³-hybridized carbons (Fsp3) is 0.500. The first-order chi connectivity index (χ1) is 6.61. The van der Waals surface area contributed by atoms with Crippen LogP contribution in [0, 0.1) is 11.8 Å². The lowest BCUT2D eigenvalue weighted by molar-refractivity contribution is 0.440. The zero-order chi connectivity index (χ0) is 10.6. The van der Waals surface area contributed by atoms with Gasteiger partial charge in [-0.25, -0.2) is 0 Å². The number of nitrogens with two attached hydrogens (primary N) is 1. The molecule has 78 valence electrons. The van der Waals surface area contributed by atoms with Crippen LogP contribution in [0.2, 0.25) is 0 Å². The second-order valence-electron chi connectivity index (χ2n) is 4.19. The largest absolute Gasteiger partial charge is 0.397 e. The Labute approximate surface area is 86.5 Å². The van der Waals surface area contributed by atoms with Crippen LogP contribution in [0.5, 0.6) is 0 Å². The minimum atomic E-state index is 0.662. The Balaban J connectivity index is 2.50. The maximum atomic E-state index is 5.82. The van der Waals surface area contributed by atoms with Crippen LogP contribution in [0.15, 0.2) is 24.3 Å². The van der Waals surface area contributed by atoms with Crippen LogP contribution in [-0.2, 0) is 0 Å². The highest BCUT2D eigenvalue weighted by Crippen LogP contribution is 2.18. The number of nitrogen functional groups attached to an aromatic ring is 1. The molecular weight excluding hydrogens is 172 g/mol. The molecule has 0 bridgehead atoms. The second kappa shape index (κ2) is 4.89. The molecule has 0 spiro atoms. The van der Waals surface area contributed by atoms with E-state index < -0.39 is 0 Å². The van der Waals surface area contributed by atoms with E-state index in [9.17, 15) is 0 Å². The molecule has 1 rings (SSSR count). The summed E-state index contributed by atoms with van der Waals surface area (Å²) in [4.78, 5) is 0. The van der Waals surface area contributed by atoms with Gasteiger partial charge in [-0.05, 0) is 24.0 Å². The summed E-state index contributed by atoms with van der Waals surface area (Å²) in [5, 5.41) is 3.37. The molecule has 3 N–H and O–H groups in total. The molecule has 14 heavy (non-hydrogen) atoms. The highest BCUT2D eigenvalue weighted by molar-refractivity contribution is 5.65. The van der Waals surface area contributed by atoms with Gasteiger partial charge in [-0.1, -0.05) is 32.9 Å². The van der Waals surface area contributed by atoms with Crippen molar-refractivity contribution in [2.75, 3.05) is 17.6 Å². The predicted octanol–water partition coefficient (Wildman–Crippen LogP) is 2.97. The molecule has 0 saturated carbocycles. The molecular formula is C12H20N2. The average Bonchev–Trinajstić information content (AvgIpc) is 2.16. The van der Waals surface area contributed by atoms with Crippen molar-refractivity contribution in [1.29, 1.82) is 0 Å². The van der Waals surface area contributed by atoms with Crippen LogP contribution in [0.1, 0.15) is 20.8 Å². The van der Waals surface area contributed by atoms with Crippen molar-refractivity contribution < 1.29 is 0 Å². The number of anilines is 2. The molecule has 0 aromatic heterocycles. The Morgan fingerprint density at radius 3 is 2.43 bits per heavy atom. The second-order valence-corrected chi connectivity index (χ2v) is 4.19. The summed E-state index contributed by atoms with van der Waals surface area (Å²) in [6.07, 6.45) is 0. The third-order valence-corrected chi connectivity index (χ3v) is 2.71. The van der Waals surface area contributed by atoms with E-state index in [1.54, 1.807) is 0 Å². The molecule has 0 aliphatic carbocycles. The summed E-state index contributed by atoms with van der Waals surface area (Å²) >= 11 is 0. The van der Waals surface area contributed by atoms with Crippen molar-refractivity contribution >= 4 is 11.4 Å². The average molecular weight is 192 g/mol. The number of rotatable bonds is 4. The summed E-state index contributed by atoms with van der Waals surface area (Å²) in [5.74, 6) is 1.36. The van der Waals surface area contributed by atoms with Gasteiger partial charge in [0.25, 0.3) is 0 Å². The number of benzene rings is 1. The lowest BCUT2D eigenvalue weighted by Gasteiger charge is -2.17. The molecule has 1 aromatic carbocycles. The van der Waals surface area contributed by atoms with Gasteiger partial charge in [0.2, 0.25) is 0 Å². The van der Waals surface area contributed by atoms with E-state index in [-0.39, 0.29) is 0 Å². The number of hydrogen-bond acceptors (Lipinski definition) is 2. The summed E-state index contributed by atoms with van der Waals surface area (Å²) in [5.41, 5.74) is 7.68. The van der Waals surface area contributed by atoms with Gasteiger partial charge < -0.3 is 11.1 Å². The predicted molar refractivity (Wildman–Crippen MR) is 63.3 cm³/mol. The van der Waals surface area contributed by atoms with Gasteiger partial charge in [0.1, 0.15) is 0 Å². The smallest absolute Gasteiger partial charge is 0.0573 e. The highest BCUT2D eigenvalue weighted by Gasteiger charge is 2.06. The van der Waals surface area contributed by atoms with E-state index in [0.717, 1.165) is 17.9 Å². The molecule has 0 aliphatic heterocycles. The molecule has 1 unspecified atom stereocenters. The van der Waals surface area contributed by atoms with Crippen molar-refractivity contribution in [3.63, 3.8) is 0 Å². The van der Waals surface area contributed by atoms with E-state index in [2.05, 4.69) is 26.1 Å². The van der Waals surface area contributed by atoms with Crippen LogP contribution >= 0.6 is 0 Å². The van der Waals surface area contributed by atoms with Gasteiger partial charge >= 0.3 is 0 Å². The molecule has 0 radical (unpaired) electrons. The lowest BCUT2D eigenvalue weighted by atomic mass is 9.98. The van der Waals surface area contributed by atoms with E-state index in [1.165, 1.54) is 0 Å². The summed E-state index contributed by atoms with van der Waals surface area (Å²) in [7, 11) is 0. The Bertz CT molecular complexity index is 281. The molecule has 2 heteroatoms. The Kier molecular flexibility index (Phi) is 3.81. The molecule has 0 aliphatic rings. The molecule has 0 heterocycles. The van der Waals surface area contributed by atoms with Crippen molar-refractivity contribution in [3.05, 3.63) is 24.3 Å². The zero-order valence-electron chi connectivity index (χ0n) is 9.25. The van der Waals surface area contributed by atoms with Crippen molar-refractivity contribution in [2.45, 2.75) is 20.8 Å². The number of hydrogen-bond donors (Lipinski definition) is 2. The van der Waals surface area contributed by atoms with Gasteiger partial charge in [0, 0.05) is 6.54 Å². The molecule has 0 saturated heterocycles. The molecule has 1 atom stereocenters. The molecule has 0 fully saturated rings. The monoisotopic (exact) mass is 192 g/mol. The van der Waals surface area contributed by atoms with Gasteiger partial charge in [0.05, 0.1) is 11.4 Å². The fourth-order valence-electron chi connectivity index (χ4n) is 1.16. The third-order valence-electron chi connectivity index (χ3n) is 2.71. The van der Waals surface area contributed by atoms with Gasteiger partial charge in [0.15, 0.2) is 0 Å². The van der Waals surface area contributed by atoms with E-state index >= 15 is 0 Å². The number of nitrogens with one attached hydrogen (secondary N) is 1. The first-order valence-electron chi connectivity index (χ1n) is 5.19. The topological polar surface area (TPSA) is 38.0 Å². The SMILES string of the molecule is CC(C)C(C)CNc1ccccc1N. The Morgan fingerprint density at radius 1 is 1.21 bits per heavy atom. The highest BCUT2D eigenvalue weighted by atomic mass is 14.9.